The van der Waals surface area contributed by atoms with Crippen LogP contribution in [0.2, 0.25) is 5.02 Å². The lowest BCUT2D eigenvalue weighted by atomic mass is 9.99. The van der Waals surface area contributed by atoms with Crippen molar-refractivity contribution in [3.05, 3.63) is 56.5 Å². The molecule has 0 atom stereocenters. The highest BCUT2D eigenvalue weighted by atomic mass is 79.9. The van der Waals surface area contributed by atoms with E-state index in [4.69, 9.17) is 21.1 Å². The first kappa shape index (κ1) is 14.4. The fourth-order valence-corrected chi connectivity index (χ4v) is 2.99. The molecule has 3 nitrogen and oxygen atoms in total. The second-order valence-corrected chi connectivity index (χ2v) is 6.05. The summed E-state index contributed by atoms with van der Waals surface area (Å²) in [6, 6.07) is 8.72. The molecule has 21 heavy (non-hydrogen) atoms. The lowest BCUT2D eigenvalue weighted by Crippen LogP contribution is -2.16. The molecule has 108 valence electrons. The molecule has 0 bridgehead atoms. The lowest BCUT2D eigenvalue weighted by molar-refractivity contribution is 0.103. The third kappa shape index (κ3) is 2.78. The van der Waals surface area contributed by atoms with E-state index in [1.165, 1.54) is 0 Å². The predicted octanol–water partition coefficient (Wildman–Crippen LogP) is 4.41. The van der Waals surface area contributed by atoms with E-state index < -0.39 is 0 Å². The number of hydrogen-bond acceptors (Lipinski definition) is 3. The fourth-order valence-electron chi connectivity index (χ4n) is 2.26. The zero-order valence-electron chi connectivity index (χ0n) is 11.3. The molecule has 2 aromatic rings. The highest BCUT2D eigenvalue weighted by Gasteiger charge is 2.20. The minimum atomic E-state index is -0.0759. The Bertz CT molecular complexity index is 728. The van der Waals surface area contributed by atoms with E-state index >= 15 is 0 Å². The molecule has 1 aliphatic heterocycles. The molecule has 0 fully saturated rings. The first-order chi connectivity index (χ1) is 10.1. The van der Waals surface area contributed by atoms with E-state index in [1.54, 1.807) is 30.3 Å². The molecule has 0 saturated carbocycles. The van der Waals surface area contributed by atoms with Crippen LogP contribution in [-0.4, -0.2) is 19.0 Å². The number of aryl methyl sites for hydroxylation is 1. The van der Waals surface area contributed by atoms with Crippen molar-refractivity contribution in [3.63, 3.8) is 0 Å². The van der Waals surface area contributed by atoms with Crippen LogP contribution in [0.25, 0.3) is 0 Å². The van der Waals surface area contributed by atoms with Gasteiger partial charge < -0.3 is 9.47 Å². The number of halogens is 2. The Morgan fingerprint density at radius 3 is 2.43 bits per heavy atom. The SMILES string of the molecule is Cc1cc(Cl)ccc1C(=O)c1cc2c(cc1Br)OCCO2. The van der Waals surface area contributed by atoms with Gasteiger partial charge in [-0.1, -0.05) is 11.6 Å². The molecule has 0 amide bonds. The summed E-state index contributed by atoms with van der Waals surface area (Å²) in [5.74, 6) is 1.17. The number of rotatable bonds is 2. The molecule has 3 rings (SSSR count). The maximum atomic E-state index is 12.7. The van der Waals surface area contributed by atoms with Crippen molar-refractivity contribution < 1.29 is 14.3 Å². The van der Waals surface area contributed by atoms with Crippen molar-refractivity contribution in [3.8, 4) is 11.5 Å². The summed E-state index contributed by atoms with van der Waals surface area (Å²) < 4.78 is 11.7. The number of ether oxygens (including phenoxy) is 2. The smallest absolute Gasteiger partial charge is 0.194 e. The molecule has 1 heterocycles. The quantitative estimate of drug-likeness (QED) is 0.737. The summed E-state index contributed by atoms with van der Waals surface area (Å²) in [4.78, 5) is 12.7. The second-order valence-electron chi connectivity index (χ2n) is 4.76. The Labute approximate surface area is 136 Å². The van der Waals surface area contributed by atoms with Crippen LogP contribution >= 0.6 is 27.5 Å². The average Bonchev–Trinajstić information content (AvgIpc) is 2.46. The number of benzene rings is 2. The molecule has 5 heteroatoms. The maximum absolute atomic E-state index is 12.7. The van der Waals surface area contributed by atoms with Gasteiger partial charge in [0.15, 0.2) is 17.3 Å². The highest BCUT2D eigenvalue weighted by Crippen LogP contribution is 2.36. The zero-order chi connectivity index (χ0) is 15.0. The Balaban J connectivity index is 2.05. The molecular weight excluding hydrogens is 356 g/mol. The lowest BCUT2D eigenvalue weighted by Gasteiger charge is -2.19. The van der Waals surface area contributed by atoms with Crippen molar-refractivity contribution in [2.75, 3.05) is 13.2 Å². The van der Waals surface area contributed by atoms with Gasteiger partial charge in [0, 0.05) is 20.6 Å². The Hall–Kier alpha value is -1.52. The minimum absolute atomic E-state index is 0.0759. The van der Waals surface area contributed by atoms with Crippen LogP contribution in [0.4, 0.5) is 0 Å². The van der Waals surface area contributed by atoms with E-state index in [0.29, 0.717) is 45.3 Å². The van der Waals surface area contributed by atoms with Crippen LogP contribution in [0.15, 0.2) is 34.8 Å². The normalized spacial score (nSPS) is 13.1. The molecule has 0 aromatic heterocycles. The Morgan fingerprint density at radius 2 is 1.76 bits per heavy atom. The van der Waals surface area contributed by atoms with Crippen molar-refractivity contribution in [2.24, 2.45) is 0 Å². The van der Waals surface area contributed by atoms with Gasteiger partial charge in [-0.2, -0.15) is 0 Å². The number of carbonyl (C=O) groups excluding carboxylic acids is 1. The summed E-state index contributed by atoms with van der Waals surface area (Å²) in [5.41, 5.74) is 2.01. The van der Waals surface area contributed by atoms with Gasteiger partial charge in [0.2, 0.25) is 0 Å². The van der Waals surface area contributed by atoms with E-state index in [1.807, 2.05) is 6.92 Å². The van der Waals surface area contributed by atoms with Gasteiger partial charge in [-0.3, -0.25) is 4.79 Å². The maximum Gasteiger partial charge on any atom is 0.194 e. The second kappa shape index (κ2) is 5.70. The van der Waals surface area contributed by atoms with Gasteiger partial charge in [-0.15, -0.1) is 0 Å². The Morgan fingerprint density at radius 1 is 1.10 bits per heavy atom. The molecule has 0 N–H and O–H groups in total. The zero-order valence-corrected chi connectivity index (χ0v) is 13.6. The van der Waals surface area contributed by atoms with Crippen LogP contribution in [0.1, 0.15) is 21.5 Å². The third-order valence-corrected chi connectivity index (χ3v) is 4.20. The molecule has 0 spiro atoms. The largest absolute Gasteiger partial charge is 0.486 e. The average molecular weight is 368 g/mol. The van der Waals surface area contributed by atoms with Crippen LogP contribution < -0.4 is 9.47 Å². The van der Waals surface area contributed by atoms with E-state index in [-0.39, 0.29) is 5.78 Å². The topological polar surface area (TPSA) is 35.5 Å². The molecule has 0 saturated heterocycles. The summed E-state index contributed by atoms with van der Waals surface area (Å²) in [7, 11) is 0. The summed E-state index contributed by atoms with van der Waals surface area (Å²) >= 11 is 9.37. The summed E-state index contributed by atoms with van der Waals surface area (Å²) in [6.07, 6.45) is 0. The molecule has 0 unspecified atom stereocenters. The standard InChI is InChI=1S/C16H12BrClO3/c1-9-6-10(18)2-3-11(9)16(19)12-7-14-15(8-13(12)17)21-5-4-20-14/h2-3,6-8H,4-5H2,1H3. The third-order valence-electron chi connectivity index (χ3n) is 3.31. The predicted molar refractivity (Wildman–Crippen MR) is 84.8 cm³/mol. The van der Waals surface area contributed by atoms with Gasteiger partial charge in [-0.05, 0) is 58.7 Å². The first-order valence-corrected chi connectivity index (χ1v) is 7.63. The Kier molecular flexibility index (Phi) is 3.91. The van der Waals surface area contributed by atoms with Crippen molar-refractivity contribution in [1.82, 2.24) is 0 Å². The number of hydrogen-bond donors (Lipinski definition) is 0. The number of ketones is 1. The van der Waals surface area contributed by atoms with E-state index in [9.17, 15) is 4.79 Å². The van der Waals surface area contributed by atoms with Gasteiger partial charge in [0.05, 0.1) is 0 Å². The van der Waals surface area contributed by atoms with Crippen LogP contribution in [0.5, 0.6) is 11.5 Å². The van der Waals surface area contributed by atoms with Crippen LogP contribution in [0, 0.1) is 6.92 Å². The van der Waals surface area contributed by atoms with E-state index in [2.05, 4.69) is 15.9 Å². The molecular formula is C16H12BrClO3. The summed E-state index contributed by atoms with van der Waals surface area (Å²) in [5, 5.41) is 0.616. The molecule has 0 radical (unpaired) electrons. The number of carbonyl (C=O) groups is 1. The van der Waals surface area contributed by atoms with Gasteiger partial charge in [0.1, 0.15) is 13.2 Å². The monoisotopic (exact) mass is 366 g/mol. The van der Waals surface area contributed by atoms with Crippen LogP contribution in [0.3, 0.4) is 0 Å². The molecule has 1 aliphatic rings. The van der Waals surface area contributed by atoms with Crippen molar-refractivity contribution >= 4 is 33.3 Å². The molecule has 0 aliphatic carbocycles. The van der Waals surface area contributed by atoms with E-state index in [0.717, 1.165) is 5.56 Å². The minimum Gasteiger partial charge on any atom is -0.486 e. The van der Waals surface area contributed by atoms with Crippen LogP contribution in [-0.2, 0) is 0 Å². The van der Waals surface area contributed by atoms with Gasteiger partial charge in [-0.25, -0.2) is 0 Å². The van der Waals surface area contributed by atoms with Crippen molar-refractivity contribution in [2.45, 2.75) is 6.92 Å². The highest BCUT2D eigenvalue weighted by molar-refractivity contribution is 9.10. The summed E-state index contributed by atoms with van der Waals surface area (Å²) in [6.45, 7) is 2.87. The van der Waals surface area contributed by atoms with Crippen molar-refractivity contribution in [1.29, 1.82) is 0 Å². The van der Waals surface area contributed by atoms with Gasteiger partial charge in [0.25, 0.3) is 0 Å². The first-order valence-electron chi connectivity index (χ1n) is 6.46. The van der Waals surface area contributed by atoms with Gasteiger partial charge >= 0.3 is 0 Å². The number of fused-ring (bicyclic) bond motifs is 1. The fraction of sp³-hybridized carbons (Fsp3) is 0.188. The molecule has 2 aromatic carbocycles.